The summed E-state index contributed by atoms with van der Waals surface area (Å²) in [6.45, 7) is 7.73. The van der Waals surface area contributed by atoms with Crippen molar-refractivity contribution in [3.8, 4) is 0 Å². The normalized spacial score (nSPS) is 12.7. The van der Waals surface area contributed by atoms with Crippen molar-refractivity contribution < 1.29 is 23.8 Å². The Hall–Kier alpha value is -2.66. The van der Waals surface area contributed by atoms with E-state index in [1.807, 2.05) is 6.08 Å². The van der Waals surface area contributed by atoms with E-state index in [1.54, 1.807) is 0 Å². The van der Waals surface area contributed by atoms with Gasteiger partial charge in [0, 0.05) is 19.4 Å². The van der Waals surface area contributed by atoms with Crippen LogP contribution in [0.2, 0.25) is 0 Å². The number of hydrogen-bond acceptors (Lipinski definition) is 5. The van der Waals surface area contributed by atoms with E-state index in [4.69, 9.17) is 14.2 Å². The molecule has 0 saturated carbocycles. The van der Waals surface area contributed by atoms with E-state index in [-0.39, 0.29) is 25.2 Å². The van der Waals surface area contributed by atoms with Crippen LogP contribution in [0.4, 0.5) is 0 Å². The Balaban J connectivity index is 4.36. The van der Waals surface area contributed by atoms with Crippen LogP contribution in [0, 0.1) is 0 Å². The lowest BCUT2D eigenvalue weighted by Gasteiger charge is -2.18. The van der Waals surface area contributed by atoms with Crippen molar-refractivity contribution in [2.75, 3.05) is 19.8 Å². The SMILES string of the molecule is CCCCC/C=C\C/C=C\C/C=C\C/C=C\C/C=C\CCC(=O)OC[C@@H](COCCCCCCCCCCCCCCCCCC)OC(=O)CCCCCCC/C=C\CCCCCC. The van der Waals surface area contributed by atoms with Crippen LogP contribution in [0.1, 0.15) is 265 Å². The monoisotopic (exact) mass is 893 g/mol. The zero-order chi connectivity index (χ0) is 46.3. The Morgan fingerprint density at radius 1 is 0.344 bits per heavy atom. The van der Waals surface area contributed by atoms with Crippen LogP contribution >= 0.6 is 0 Å². The van der Waals surface area contributed by atoms with Crippen LogP contribution in [0.5, 0.6) is 0 Å². The van der Waals surface area contributed by atoms with Crippen LogP contribution in [-0.4, -0.2) is 37.9 Å². The molecule has 0 aromatic heterocycles. The third-order valence-corrected chi connectivity index (χ3v) is 11.7. The molecule has 0 spiro atoms. The van der Waals surface area contributed by atoms with Gasteiger partial charge in [-0.15, -0.1) is 0 Å². The van der Waals surface area contributed by atoms with E-state index in [2.05, 4.69) is 87.6 Å². The summed E-state index contributed by atoms with van der Waals surface area (Å²) in [7, 11) is 0. The third kappa shape index (κ3) is 52.0. The maximum Gasteiger partial charge on any atom is 0.306 e. The molecule has 0 aliphatic carbocycles. The minimum Gasteiger partial charge on any atom is -0.462 e. The fourth-order valence-electron chi connectivity index (χ4n) is 7.61. The predicted octanol–water partition coefficient (Wildman–Crippen LogP) is 18.7. The Bertz CT molecular complexity index is 1150. The molecule has 0 amide bonds. The highest BCUT2D eigenvalue weighted by atomic mass is 16.6. The summed E-state index contributed by atoms with van der Waals surface area (Å²) in [6, 6.07) is 0. The van der Waals surface area contributed by atoms with Crippen molar-refractivity contribution in [1.29, 1.82) is 0 Å². The molecule has 1 atom stereocenters. The fourth-order valence-corrected chi connectivity index (χ4v) is 7.61. The van der Waals surface area contributed by atoms with Crippen LogP contribution in [0.15, 0.2) is 72.9 Å². The molecular formula is C59H104O5. The van der Waals surface area contributed by atoms with Crippen molar-refractivity contribution in [2.45, 2.75) is 271 Å². The van der Waals surface area contributed by atoms with E-state index >= 15 is 0 Å². The summed E-state index contributed by atoms with van der Waals surface area (Å²) in [4.78, 5) is 25.4. The second-order valence-electron chi connectivity index (χ2n) is 18.1. The highest BCUT2D eigenvalue weighted by Gasteiger charge is 2.17. The molecule has 0 aliphatic rings. The molecule has 0 unspecified atom stereocenters. The van der Waals surface area contributed by atoms with Crippen molar-refractivity contribution in [3.05, 3.63) is 72.9 Å². The van der Waals surface area contributed by atoms with Crippen LogP contribution < -0.4 is 0 Å². The molecule has 0 saturated heterocycles. The lowest BCUT2D eigenvalue weighted by molar-refractivity contribution is -0.162. The summed E-state index contributed by atoms with van der Waals surface area (Å²) in [6.07, 6.45) is 70.7. The van der Waals surface area contributed by atoms with E-state index in [1.165, 1.54) is 161 Å². The number of esters is 2. The van der Waals surface area contributed by atoms with Gasteiger partial charge in [-0.2, -0.15) is 0 Å². The summed E-state index contributed by atoms with van der Waals surface area (Å²) in [5.74, 6) is -0.495. The lowest BCUT2D eigenvalue weighted by Crippen LogP contribution is -2.30. The molecule has 5 heteroatoms. The molecule has 0 aliphatic heterocycles. The van der Waals surface area contributed by atoms with Gasteiger partial charge in [-0.05, 0) is 83.5 Å². The van der Waals surface area contributed by atoms with Gasteiger partial charge in [-0.25, -0.2) is 0 Å². The highest BCUT2D eigenvalue weighted by molar-refractivity contribution is 5.70. The molecule has 0 aromatic rings. The number of carbonyl (C=O) groups excluding carboxylic acids is 2. The van der Waals surface area contributed by atoms with Crippen LogP contribution in [0.3, 0.4) is 0 Å². The molecule has 64 heavy (non-hydrogen) atoms. The first-order chi connectivity index (χ1) is 31.6. The van der Waals surface area contributed by atoms with Gasteiger partial charge in [-0.1, -0.05) is 241 Å². The first-order valence-corrected chi connectivity index (χ1v) is 27.5. The molecule has 370 valence electrons. The molecule has 0 fully saturated rings. The number of rotatable bonds is 50. The lowest BCUT2D eigenvalue weighted by atomic mass is 10.0. The summed E-state index contributed by atoms with van der Waals surface area (Å²) in [5, 5.41) is 0. The van der Waals surface area contributed by atoms with Gasteiger partial charge in [0.25, 0.3) is 0 Å². The van der Waals surface area contributed by atoms with E-state index < -0.39 is 6.10 Å². The van der Waals surface area contributed by atoms with E-state index in [0.717, 1.165) is 64.2 Å². The molecule has 0 bridgehead atoms. The van der Waals surface area contributed by atoms with Gasteiger partial charge in [-0.3, -0.25) is 9.59 Å². The van der Waals surface area contributed by atoms with E-state index in [9.17, 15) is 9.59 Å². The number of unbranched alkanes of at least 4 members (excludes halogenated alkanes) is 27. The van der Waals surface area contributed by atoms with Crippen molar-refractivity contribution in [3.63, 3.8) is 0 Å². The van der Waals surface area contributed by atoms with Crippen LogP contribution in [-0.2, 0) is 23.8 Å². The second-order valence-corrected chi connectivity index (χ2v) is 18.1. The average Bonchev–Trinajstić information content (AvgIpc) is 3.30. The number of hydrogen-bond donors (Lipinski definition) is 0. The standard InChI is InChI=1S/C59H104O5/c1-4-7-10-13-16-19-22-25-27-29-30-31-32-35-37-40-43-46-49-52-58(60)63-56-57(64-59(61)53-50-47-44-41-38-34-24-21-18-15-12-9-6-3)55-62-54-51-48-45-42-39-36-33-28-26-23-20-17-14-11-8-5-2/h16,19,21,24-25,27,30-31,35,37,43,46,57H,4-15,17-18,20,22-23,26,28-29,32-34,36,38-42,44-45,47-56H2,1-3H3/b19-16-,24-21-,27-25-,31-30-,37-35-,46-43-/t57-/m1/s1. The minimum atomic E-state index is -0.570. The Labute approximate surface area is 397 Å². The summed E-state index contributed by atoms with van der Waals surface area (Å²) in [5.41, 5.74) is 0. The third-order valence-electron chi connectivity index (χ3n) is 11.7. The van der Waals surface area contributed by atoms with Crippen molar-refractivity contribution in [1.82, 2.24) is 0 Å². The molecule has 0 rings (SSSR count). The topological polar surface area (TPSA) is 61.8 Å². The van der Waals surface area contributed by atoms with Gasteiger partial charge in [0.15, 0.2) is 6.10 Å². The van der Waals surface area contributed by atoms with Gasteiger partial charge >= 0.3 is 11.9 Å². The Kier molecular flexibility index (Phi) is 52.4. The largest absolute Gasteiger partial charge is 0.462 e. The molecule has 5 nitrogen and oxygen atoms in total. The Morgan fingerprint density at radius 2 is 0.688 bits per heavy atom. The first-order valence-electron chi connectivity index (χ1n) is 27.5. The van der Waals surface area contributed by atoms with Gasteiger partial charge in [0.1, 0.15) is 6.61 Å². The average molecular weight is 893 g/mol. The second kappa shape index (κ2) is 54.7. The van der Waals surface area contributed by atoms with Crippen LogP contribution in [0.25, 0.3) is 0 Å². The number of allylic oxidation sites excluding steroid dienone is 12. The number of carbonyl (C=O) groups is 2. The summed E-state index contributed by atoms with van der Waals surface area (Å²) >= 11 is 0. The molecule has 0 heterocycles. The quantitative estimate of drug-likeness (QED) is 0.0346. The zero-order valence-electron chi connectivity index (χ0n) is 42.5. The summed E-state index contributed by atoms with van der Waals surface area (Å²) < 4.78 is 17.4. The zero-order valence-corrected chi connectivity index (χ0v) is 42.5. The first kappa shape index (κ1) is 61.3. The van der Waals surface area contributed by atoms with Gasteiger partial charge in [0.2, 0.25) is 0 Å². The fraction of sp³-hybridized carbons (Fsp3) is 0.763. The Morgan fingerprint density at radius 3 is 1.17 bits per heavy atom. The minimum absolute atomic E-state index is 0.0432. The smallest absolute Gasteiger partial charge is 0.306 e. The maximum atomic E-state index is 12.8. The molecule has 0 N–H and O–H groups in total. The molecule has 0 aromatic carbocycles. The maximum absolute atomic E-state index is 12.8. The highest BCUT2D eigenvalue weighted by Crippen LogP contribution is 2.15. The molecule has 0 radical (unpaired) electrons. The van der Waals surface area contributed by atoms with Crippen molar-refractivity contribution >= 4 is 11.9 Å². The predicted molar refractivity (Wildman–Crippen MR) is 279 cm³/mol. The van der Waals surface area contributed by atoms with Gasteiger partial charge in [0.05, 0.1) is 6.61 Å². The number of ether oxygens (including phenoxy) is 3. The van der Waals surface area contributed by atoms with Gasteiger partial charge < -0.3 is 14.2 Å². The van der Waals surface area contributed by atoms with Crippen molar-refractivity contribution in [2.24, 2.45) is 0 Å². The molecular weight excluding hydrogens is 789 g/mol. The van der Waals surface area contributed by atoms with E-state index in [0.29, 0.717) is 25.9 Å².